The van der Waals surface area contributed by atoms with Crippen LogP contribution in [-0.4, -0.2) is 30.0 Å². The average Bonchev–Trinajstić information content (AvgIpc) is 2.97. The third-order valence-electron chi connectivity index (χ3n) is 3.48. The largest absolute Gasteiger partial charge is 0.384 e. The summed E-state index contributed by atoms with van der Waals surface area (Å²) < 4.78 is 39.8. The second-order valence-corrected chi connectivity index (χ2v) is 7.63. The van der Waals surface area contributed by atoms with Gasteiger partial charge in [0.15, 0.2) is 5.03 Å². The van der Waals surface area contributed by atoms with Crippen LogP contribution in [0.25, 0.3) is 0 Å². The van der Waals surface area contributed by atoms with Crippen molar-refractivity contribution in [3.05, 3.63) is 47.7 Å². The molecule has 3 N–H and O–H groups in total. The number of aliphatic hydroxyl groups is 1. The van der Waals surface area contributed by atoms with E-state index in [-0.39, 0.29) is 17.5 Å². The fourth-order valence-electron chi connectivity index (χ4n) is 1.97. The molecule has 1 aromatic carbocycles. The Hall–Kier alpha value is -1.77. The van der Waals surface area contributed by atoms with Gasteiger partial charge in [-0.15, -0.1) is 0 Å². The van der Waals surface area contributed by atoms with E-state index in [1.165, 1.54) is 37.4 Å². The van der Waals surface area contributed by atoms with E-state index < -0.39 is 21.4 Å². The third kappa shape index (κ3) is 4.15. The summed E-state index contributed by atoms with van der Waals surface area (Å²) in [5, 5.41) is 10.3. The number of halogens is 1. The zero-order valence-corrected chi connectivity index (χ0v) is 14.0. The molecule has 1 heterocycles. The first-order chi connectivity index (χ1) is 10.6. The van der Waals surface area contributed by atoms with Gasteiger partial charge in [0.25, 0.3) is 10.0 Å². The van der Waals surface area contributed by atoms with E-state index in [0.717, 1.165) is 0 Å². The van der Waals surface area contributed by atoms with Gasteiger partial charge in [-0.3, -0.25) is 0 Å². The van der Waals surface area contributed by atoms with Gasteiger partial charge in [-0.2, -0.15) is 0 Å². The van der Waals surface area contributed by atoms with Crippen LogP contribution in [0.5, 0.6) is 0 Å². The summed E-state index contributed by atoms with van der Waals surface area (Å²) in [5.74, 6) is 0.209. The van der Waals surface area contributed by atoms with Crippen molar-refractivity contribution in [3.8, 4) is 0 Å². The van der Waals surface area contributed by atoms with Gasteiger partial charge >= 0.3 is 0 Å². The molecule has 6 nitrogen and oxygen atoms in total. The lowest BCUT2D eigenvalue weighted by molar-refractivity contribution is 0.0627. The van der Waals surface area contributed by atoms with Gasteiger partial charge in [0.05, 0.1) is 6.20 Å². The van der Waals surface area contributed by atoms with Crippen LogP contribution in [0.2, 0.25) is 0 Å². The Kier molecular flexibility index (Phi) is 4.88. The normalized spacial score (nSPS) is 14.9. The molecule has 0 spiro atoms. The monoisotopic (exact) mass is 341 g/mol. The number of hydrogen-bond acceptors (Lipinski definition) is 4. The molecular formula is C15H20FN3O3S. The Morgan fingerprint density at radius 1 is 1.35 bits per heavy atom. The maximum Gasteiger partial charge on any atom is 0.257 e. The minimum Gasteiger partial charge on any atom is -0.384 e. The smallest absolute Gasteiger partial charge is 0.257 e. The van der Waals surface area contributed by atoms with Gasteiger partial charge in [0.1, 0.15) is 17.2 Å². The third-order valence-corrected chi connectivity index (χ3v) is 4.79. The van der Waals surface area contributed by atoms with Gasteiger partial charge in [-0.25, -0.2) is 22.5 Å². The van der Waals surface area contributed by atoms with Gasteiger partial charge in [0.2, 0.25) is 0 Å². The molecule has 0 fully saturated rings. The van der Waals surface area contributed by atoms with Gasteiger partial charge in [0, 0.05) is 12.5 Å². The number of aromatic amines is 1. The molecule has 2 aromatic rings. The van der Waals surface area contributed by atoms with Crippen molar-refractivity contribution < 1.29 is 17.9 Å². The van der Waals surface area contributed by atoms with E-state index in [1.54, 1.807) is 0 Å². The molecule has 0 saturated heterocycles. The maximum absolute atomic E-state index is 12.9. The van der Waals surface area contributed by atoms with Crippen molar-refractivity contribution >= 4 is 10.0 Å². The van der Waals surface area contributed by atoms with Gasteiger partial charge in [-0.05, 0) is 24.6 Å². The first-order valence-electron chi connectivity index (χ1n) is 7.15. The summed E-state index contributed by atoms with van der Waals surface area (Å²) in [6.07, 6.45) is 1.24. The molecule has 0 saturated carbocycles. The number of rotatable bonds is 6. The molecule has 1 unspecified atom stereocenters. The van der Waals surface area contributed by atoms with Crippen molar-refractivity contribution in [2.24, 2.45) is 0 Å². The minimum absolute atomic E-state index is 0.0592. The van der Waals surface area contributed by atoms with E-state index in [1.807, 2.05) is 13.8 Å². The SMILES string of the molecule is CC(C)c1ncc(S(=O)(=O)NCC(C)(O)c2ccc(F)cc2)[nH]1. The summed E-state index contributed by atoms with van der Waals surface area (Å²) in [5.41, 5.74) is -1.06. The van der Waals surface area contributed by atoms with Crippen molar-refractivity contribution in [1.82, 2.24) is 14.7 Å². The number of nitrogens with zero attached hydrogens (tertiary/aromatic N) is 1. The van der Waals surface area contributed by atoms with Crippen molar-refractivity contribution in [3.63, 3.8) is 0 Å². The van der Waals surface area contributed by atoms with Crippen LogP contribution in [-0.2, 0) is 15.6 Å². The van der Waals surface area contributed by atoms with Gasteiger partial charge < -0.3 is 10.1 Å². The van der Waals surface area contributed by atoms with Gasteiger partial charge in [-0.1, -0.05) is 26.0 Å². The summed E-state index contributed by atoms with van der Waals surface area (Å²) in [6.45, 7) is 4.98. The van der Waals surface area contributed by atoms with Crippen LogP contribution < -0.4 is 4.72 Å². The Morgan fingerprint density at radius 3 is 2.48 bits per heavy atom. The number of nitrogens with one attached hydrogen (secondary N) is 2. The number of hydrogen-bond donors (Lipinski definition) is 3. The molecule has 8 heteroatoms. The van der Waals surface area contributed by atoms with Crippen LogP contribution in [0.3, 0.4) is 0 Å². The highest BCUT2D eigenvalue weighted by molar-refractivity contribution is 7.89. The number of benzene rings is 1. The molecule has 0 aliphatic carbocycles. The topological polar surface area (TPSA) is 95.1 Å². The van der Waals surface area contributed by atoms with E-state index in [2.05, 4.69) is 14.7 Å². The van der Waals surface area contributed by atoms with Crippen LogP contribution >= 0.6 is 0 Å². The average molecular weight is 341 g/mol. The molecule has 1 atom stereocenters. The van der Waals surface area contributed by atoms with E-state index in [9.17, 15) is 17.9 Å². The first-order valence-corrected chi connectivity index (χ1v) is 8.63. The molecule has 0 amide bonds. The zero-order chi connectivity index (χ0) is 17.3. The Balaban J connectivity index is 2.12. The van der Waals surface area contributed by atoms with Crippen molar-refractivity contribution in [2.75, 3.05) is 6.54 Å². The highest BCUT2D eigenvalue weighted by Crippen LogP contribution is 2.21. The zero-order valence-electron chi connectivity index (χ0n) is 13.2. The lowest BCUT2D eigenvalue weighted by atomic mass is 9.96. The Bertz CT molecular complexity index is 768. The maximum atomic E-state index is 12.9. The Labute approximate surface area is 134 Å². The minimum atomic E-state index is -3.82. The van der Waals surface area contributed by atoms with Crippen molar-refractivity contribution in [2.45, 2.75) is 37.3 Å². The molecule has 23 heavy (non-hydrogen) atoms. The van der Waals surface area contributed by atoms with Crippen molar-refractivity contribution in [1.29, 1.82) is 0 Å². The predicted octanol–water partition coefficient (Wildman–Crippen LogP) is 1.86. The Morgan fingerprint density at radius 2 is 1.96 bits per heavy atom. The molecule has 126 valence electrons. The predicted molar refractivity (Wildman–Crippen MR) is 83.8 cm³/mol. The van der Waals surface area contributed by atoms with Crippen LogP contribution in [0, 0.1) is 5.82 Å². The fourth-order valence-corrected chi connectivity index (χ4v) is 3.03. The standard InChI is InChI=1S/C15H20FN3O3S/c1-10(2)14-17-8-13(19-14)23(21,22)18-9-15(3,20)11-4-6-12(16)7-5-11/h4-8,10,18,20H,9H2,1-3H3,(H,17,19). The number of aromatic nitrogens is 2. The lowest BCUT2D eigenvalue weighted by Gasteiger charge is -2.24. The molecule has 1 aromatic heterocycles. The van der Waals surface area contributed by atoms with Crippen LogP contribution in [0.4, 0.5) is 4.39 Å². The van der Waals surface area contributed by atoms with Crippen LogP contribution in [0.15, 0.2) is 35.5 Å². The second-order valence-electron chi connectivity index (χ2n) is 5.89. The summed E-state index contributed by atoms with van der Waals surface area (Å²) in [7, 11) is -3.82. The van der Waals surface area contributed by atoms with E-state index >= 15 is 0 Å². The second kappa shape index (κ2) is 6.38. The molecule has 0 aliphatic heterocycles. The molecule has 0 radical (unpaired) electrons. The summed E-state index contributed by atoms with van der Waals surface area (Å²) in [6, 6.07) is 5.25. The summed E-state index contributed by atoms with van der Waals surface area (Å²) in [4.78, 5) is 6.76. The number of sulfonamides is 1. The number of imidazole rings is 1. The highest BCUT2D eigenvalue weighted by atomic mass is 32.2. The van der Waals surface area contributed by atoms with Crippen LogP contribution in [0.1, 0.15) is 38.1 Å². The molecule has 2 rings (SSSR count). The fraction of sp³-hybridized carbons (Fsp3) is 0.400. The quantitative estimate of drug-likeness (QED) is 0.747. The summed E-state index contributed by atoms with van der Waals surface area (Å²) >= 11 is 0. The lowest BCUT2D eigenvalue weighted by Crippen LogP contribution is -2.38. The molecule has 0 aliphatic rings. The molecular weight excluding hydrogens is 321 g/mol. The van der Waals surface area contributed by atoms with E-state index in [4.69, 9.17) is 0 Å². The van der Waals surface area contributed by atoms with E-state index in [0.29, 0.717) is 11.4 Å². The number of H-pyrrole nitrogens is 1. The molecule has 0 bridgehead atoms. The first kappa shape index (κ1) is 17.6. The highest BCUT2D eigenvalue weighted by Gasteiger charge is 2.27.